The van der Waals surface area contributed by atoms with Crippen molar-refractivity contribution in [3.8, 4) is 0 Å². The molecule has 1 aromatic heterocycles. The van der Waals surface area contributed by atoms with Gasteiger partial charge in [0.15, 0.2) is 0 Å². The van der Waals surface area contributed by atoms with Gasteiger partial charge in [-0.2, -0.15) is 4.98 Å². The molecular weight excluding hydrogens is 220 g/mol. The molecule has 0 saturated carbocycles. The molecule has 0 fully saturated rings. The highest BCUT2D eigenvalue weighted by molar-refractivity contribution is 9.10. The fourth-order valence-electron chi connectivity index (χ4n) is 0.678. The van der Waals surface area contributed by atoms with E-state index in [0.29, 0.717) is 22.9 Å². The Morgan fingerprint density at radius 1 is 1.67 bits per heavy atom. The van der Waals surface area contributed by atoms with Gasteiger partial charge in [0.2, 0.25) is 5.95 Å². The number of nitrogen functional groups attached to an aromatic ring is 1. The van der Waals surface area contributed by atoms with Gasteiger partial charge in [-0.05, 0) is 15.9 Å². The van der Waals surface area contributed by atoms with Crippen LogP contribution in [0.5, 0.6) is 0 Å². The minimum Gasteiger partial charge on any atom is -0.383 e. The molecule has 0 unspecified atom stereocenters. The maximum Gasteiger partial charge on any atom is 0.225 e. The second kappa shape index (κ2) is 4.06. The predicted octanol–water partition coefficient (Wildman–Crippen LogP) is 1.42. The van der Waals surface area contributed by atoms with Crippen LogP contribution in [0.4, 0.5) is 11.8 Å². The number of rotatable bonds is 3. The van der Waals surface area contributed by atoms with Gasteiger partial charge in [0.25, 0.3) is 0 Å². The molecule has 0 aliphatic heterocycles. The molecule has 0 radical (unpaired) electrons. The van der Waals surface area contributed by atoms with Gasteiger partial charge in [0.05, 0.1) is 0 Å². The lowest BCUT2D eigenvalue weighted by molar-refractivity contribution is 1.11. The van der Waals surface area contributed by atoms with Gasteiger partial charge >= 0.3 is 0 Å². The summed E-state index contributed by atoms with van der Waals surface area (Å²) in [6, 6.07) is 1.64. The minimum absolute atomic E-state index is 0.434. The van der Waals surface area contributed by atoms with Crippen molar-refractivity contribution in [1.82, 2.24) is 9.97 Å². The number of nitrogens with one attached hydrogen (secondary N) is 1. The summed E-state index contributed by atoms with van der Waals surface area (Å²) in [6.07, 6.45) is 1.72. The van der Waals surface area contributed by atoms with E-state index in [-0.39, 0.29) is 0 Å². The van der Waals surface area contributed by atoms with Crippen molar-refractivity contribution in [1.29, 1.82) is 0 Å². The van der Waals surface area contributed by atoms with Crippen LogP contribution in [-0.4, -0.2) is 16.5 Å². The Morgan fingerprint density at radius 2 is 2.42 bits per heavy atom. The lowest BCUT2D eigenvalue weighted by atomic mass is 10.6. The summed E-state index contributed by atoms with van der Waals surface area (Å²) in [7, 11) is 0. The van der Waals surface area contributed by atoms with Crippen LogP contribution in [0, 0.1) is 0 Å². The zero-order valence-electron chi connectivity index (χ0n) is 6.42. The van der Waals surface area contributed by atoms with E-state index in [1.54, 1.807) is 12.1 Å². The first kappa shape index (κ1) is 8.99. The monoisotopic (exact) mass is 228 g/mol. The summed E-state index contributed by atoms with van der Waals surface area (Å²) < 4.78 is 0.668. The van der Waals surface area contributed by atoms with Gasteiger partial charge in [0, 0.05) is 12.6 Å². The quantitative estimate of drug-likeness (QED) is 0.607. The van der Waals surface area contributed by atoms with Gasteiger partial charge in [-0.25, -0.2) is 4.98 Å². The third kappa shape index (κ3) is 2.50. The third-order valence-electron chi connectivity index (χ3n) is 1.12. The Kier molecular flexibility index (Phi) is 3.04. The molecule has 0 spiro atoms. The van der Waals surface area contributed by atoms with E-state index in [1.807, 2.05) is 0 Å². The van der Waals surface area contributed by atoms with E-state index in [4.69, 9.17) is 5.73 Å². The lowest BCUT2D eigenvalue weighted by Crippen LogP contribution is -2.04. The van der Waals surface area contributed by atoms with Gasteiger partial charge in [-0.1, -0.05) is 6.08 Å². The molecule has 0 bridgehead atoms. The van der Waals surface area contributed by atoms with E-state index in [1.165, 1.54) is 0 Å². The molecule has 12 heavy (non-hydrogen) atoms. The summed E-state index contributed by atoms with van der Waals surface area (Å²) in [5.74, 6) is 0.935. The van der Waals surface area contributed by atoms with Crippen LogP contribution in [0.2, 0.25) is 0 Å². The summed E-state index contributed by atoms with van der Waals surface area (Å²) in [6.45, 7) is 4.18. The first-order valence-electron chi connectivity index (χ1n) is 3.37. The van der Waals surface area contributed by atoms with E-state index >= 15 is 0 Å². The van der Waals surface area contributed by atoms with Crippen LogP contribution >= 0.6 is 15.9 Å². The van der Waals surface area contributed by atoms with Crippen molar-refractivity contribution in [3.05, 3.63) is 23.3 Å². The van der Waals surface area contributed by atoms with Crippen molar-refractivity contribution >= 4 is 27.7 Å². The van der Waals surface area contributed by atoms with Crippen LogP contribution in [0.15, 0.2) is 23.3 Å². The summed E-state index contributed by atoms with van der Waals surface area (Å²) in [4.78, 5) is 7.99. The number of hydrogen-bond donors (Lipinski definition) is 2. The van der Waals surface area contributed by atoms with Crippen LogP contribution in [0.1, 0.15) is 0 Å². The van der Waals surface area contributed by atoms with Gasteiger partial charge in [-0.3, -0.25) is 0 Å². The Morgan fingerprint density at radius 3 is 3.00 bits per heavy atom. The highest BCUT2D eigenvalue weighted by Gasteiger charge is 1.97. The van der Waals surface area contributed by atoms with Crippen LogP contribution in [0.25, 0.3) is 0 Å². The Balaban J connectivity index is 2.78. The Bertz CT molecular complexity index is 266. The van der Waals surface area contributed by atoms with Crippen molar-refractivity contribution in [2.45, 2.75) is 0 Å². The molecule has 0 aliphatic rings. The fourth-order valence-corrected chi connectivity index (χ4v) is 1.08. The SMILES string of the molecule is C=CCNc1nc(N)cc(Br)n1. The summed E-state index contributed by atoms with van der Waals surface area (Å²) >= 11 is 3.21. The number of aromatic nitrogens is 2. The molecule has 0 saturated heterocycles. The van der Waals surface area contributed by atoms with Crippen molar-refractivity contribution in [3.63, 3.8) is 0 Å². The number of halogens is 1. The normalized spacial score (nSPS) is 9.42. The zero-order chi connectivity index (χ0) is 8.97. The second-order valence-electron chi connectivity index (χ2n) is 2.11. The fraction of sp³-hybridized carbons (Fsp3) is 0.143. The number of anilines is 2. The maximum atomic E-state index is 5.48. The second-order valence-corrected chi connectivity index (χ2v) is 2.92. The lowest BCUT2D eigenvalue weighted by Gasteiger charge is -2.01. The molecule has 1 aromatic rings. The molecule has 0 aromatic carbocycles. The topological polar surface area (TPSA) is 63.8 Å². The third-order valence-corrected chi connectivity index (χ3v) is 1.53. The van der Waals surface area contributed by atoms with Gasteiger partial charge < -0.3 is 11.1 Å². The molecule has 64 valence electrons. The molecule has 3 N–H and O–H groups in total. The molecule has 5 heteroatoms. The van der Waals surface area contributed by atoms with Crippen LogP contribution in [-0.2, 0) is 0 Å². The van der Waals surface area contributed by atoms with E-state index < -0.39 is 0 Å². The van der Waals surface area contributed by atoms with Crippen LogP contribution in [0.3, 0.4) is 0 Å². The minimum atomic E-state index is 0.434. The smallest absolute Gasteiger partial charge is 0.225 e. The van der Waals surface area contributed by atoms with E-state index in [2.05, 4.69) is 37.8 Å². The van der Waals surface area contributed by atoms with Gasteiger partial charge in [-0.15, -0.1) is 6.58 Å². The van der Waals surface area contributed by atoms with Crippen molar-refractivity contribution in [2.24, 2.45) is 0 Å². The first-order valence-corrected chi connectivity index (χ1v) is 4.16. The average molecular weight is 229 g/mol. The van der Waals surface area contributed by atoms with Gasteiger partial charge in [0.1, 0.15) is 10.4 Å². The average Bonchev–Trinajstić information content (AvgIpc) is 1.99. The largest absolute Gasteiger partial charge is 0.383 e. The highest BCUT2D eigenvalue weighted by Crippen LogP contribution is 2.11. The van der Waals surface area contributed by atoms with E-state index in [0.717, 1.165) is 0 Å². The van der Waals surface area contributed by atoms with Crippen LogP contribution < -0.4 is 11.1 Å². The van der Waals surface area contributed by atoms with E-state index in [9.17, 15) is 0 Å². The molecule has 0 amide bonds. The maximum absolute atomic E-state index is 5.48. The number of nitrogens with two attached hydrogens (primary N) is 1. The number of nitrogens with zero attached hydrogens (tertiary/aromatic N) is 2. The Labute approximate surface area is 79.0 Å². The first-order chi connectivity index (χ1) is 5.72. The van der Waals surface area contributed by atoms with Crippen molar-refractivity contribution in [2.75, 3.05) is 17.6 Å². The standard InChI is InChI=1S/C7H9BrN4/c1-2-3-10-7-11-5(8)4-6(9)12-7/h2,4H,1,3H2,(H3,9,10,11,12). The Hall–Kier alpha value is -1.10. The number of hydrogen-bond acceptors (Lipinski definition) is 4. The molecule has 4 nitrogen and oxygen atoms in total. The summed E-state index contributed by atoms with van der Waals surface area (Å²) in [5.41, 5.74) is 5.48. The molecule has 1 rings (SSSR count). The molecule has 0 atom stereocenters. The zero-order valence-corrected chi connectivity index (χ0v) is 8.00. The molecule has 1 heterocycles. The molecular formula is C7H9BrN4. The highest BCUT2D eigenvalue weighted by atomic mass is 79.9. The summed E-state index contributed by atoms with van der Waals surface area (Å²) in [5, 5.41) is 2.93. The predicted molar refractivity (Wildman–Crippen MR) is 52.8 cm³/mol. The van der Waals surface area contributed by atoms with Crippen molar-refractivity contribution < 1.29 is 0 Å². The molecule has 0 aliphatic carbocycles.